The first-order valence-corrected chi connectivity index (χ1v) is 12.0. The molecule has 1 aromatic carbocycles. The third kappa shape index (κ3) is 8.56. The van der Waals surface area contributed by atoms with E-state index in [1.807, 2.05) is 25.1 Å². The fraction of sp³-hybridized carbons (Fsp3) is 0.650. The number of rotatable bonds is 11. The number of halogens is 1. The topological polar surface area (TPSA) is 95.1 Å². The molecule has 8 nitrogen and oxygen atoms in total. The molecule has 0 radical (unpaired) electrons. The lowest BCUT2D eigenvalue weighted by Crippen LogP contribution is -2.42. The van der Waals surface area contributed by atoms with Crippen LogP contribution in [0, 0.1) is 0 Å². The highest BCUT2D eigenvalue weighted by Gasteiger charge is 2.25. The van der Waals surface area contributed by atoms with Crippen LogP contribution in [0.3, 0.4) is 0 Å². The van der Waals surface area contributed by atoms with E-state index in [2.05, 4.69) is 26.3 Å². The van der Waals surface area contributed by atoms with Gasteiger partial charge in [-0.3, -0.25) is 9.89 Å². The van der Waals surface area contributed by atoms with Crippen molar-refractivity contribution in [3.8, 4) is 5.75 Å². The quantitative estimate of drug-likeness (QED) is 0.168. The van der Waals surface area contributed by atoms with Crippen LogP contribution in [-0.2, 0) is 10.0 Å². The Bertz CT molecular complexity index is 755. The smallest absolute Gasteiger partial charge is 0.211 e. The van der Waals surface area contributed by atoms with Crippen molar-refractivity contribution in [2.45, 2.75) is 32.7 Å². The zero-order valence-corrected chi connectivity index (χ0v) is 21.3. The lowest BCUT2D eigenvalue weighted by molar-refractivity contribution is 0.245. The van der Waals surface area contributed by atoms with Crippen molar-refractivity contribution in [2.24, 2.45) is 4.99 Å². The third-order valence-electron chi connectivity index (χ3n) is 4.97. The number of benzene rings is 1. The Balaban J connectivity index is 0.00000450. The molecule has 1 aliphatic rings. The van der Waals surface area contributed by atoms with Gasteiger partial charge in [0, 0.05) is 25.2 Å². The number of sulfonamides is 1. The van der Waals surface area contributed by atoms with Gasteiger partial charge in [-0.05, 0) is 45.8 Å². The van der Waals surface area contributed by atoms with Crippen molar-refractivity contribution in [3.63, 3.8) is 0 Å². The van der Waals surface area contributed by atoms with Gasteiger partial charge in [-0.15, -0.1) is 24.0 Å². The van der Waals surface area contributed by atoms with Gasteiger partial charge in [0.2, 0.25) is 10.0 Å². The van der Waals surface area contributed by atoms with Crippen LogP contribution in [0.5, 0.6) is 5.75 Å². The number of aliphatic imine (C=N–C) groups is 1. The number of nitrogens with one attached hydrogen (secondary N) is 3. The van der Waals surface area contributed by atoms with Gasteiger partial charge >= 0.3 is 0 Å². The lowest BCUT2D eigenvalue weighted by atomic mass is 10.0. The molecule has 0 bridgehead atoms. The Morgan fingerprint density at radius 3 is 2.50 bits per heavy atom. The van der Waals surface area contributed by atoms with E-state index in [1.165, 1.54) is 12.8 Å². The van der Waals surface area contributed by atoms with E-state index in [0.29, 0.717) is 25.6 Å². The van der Waals surface area contributed by atoms with Crippen LogP contribution in [0.25, 0.3) is 0 Å². The second-order valence-corrected chi connectivity index (χ2v) is 9.04. The van der Waals surface area contributed by atoms with Crippen molar-refractivity contribution in [1.82, 2.24) is 20.3 Å². The highest BCUT2D eigenvalue weighted by Crippen LogP contribution is 2.31. The Labute approximate surface area is 198 Å². The maximum absolute atomic E-state index is 11.5. The van der Waals surface area contributed by atoms with Crippen LogP contribution in [0.1, 0.15) is 38.3 Å². The molecule has 1 unspecified atom stereocenters. The van der Waals surface area contributed by atoms with E-state index in [4.69, 9.17) is 9.73 Å². The van der Waals surface area contributed by atoms with Crippen LogP contribution < -0.4 is 20.1 Å². The molecule has 0 aromatic heterocycles. The van der Waals surface area contributed by atoms with Crippen molar-refractivity contribution < 1.29 is 13.2 Å². The first-order chi connectivity index (χ1) is 14.0. The number of nitrogens with zero attached hydrogens (tertiary/aromatic N) is 2. The van der Waals surface area contributed by atoms with E-state index in [9.17, 15) is 8.42 Å². The average Bonchev–Trinajstić information content (AvgIpc) is 3.26. The zero-order chi connectivity index (χ0) is 21.1. The number of methoxy groups -OCH3 is 1. The highest BCUT2D eigenvalue weighted by atomic mass is 127. The Morgan fingerprint density at radius 1 is 1.17 bits per heavy atom. The molecule has 0 aliphatic carbocycles. The first-order valence-electron chi connectivity index (χ1n) is 10.4. The number of hydrogen-bond donors (Lipinski definition) is 3. The number of guanidine groups is 1. The van der Waals surface area contributed by atoms with Crippen LogP contribution in [0.2, 0.25) is 0 Å². The van der Waals surface area contributed by atoms with Crippen LogP contribution >= 0.6 is 24.0 Å². The van der Waals surface area contributed by atoms with Gasteiger partial charge in [0.05, 0.1) is 25.4 Å². The number of likely N-dealkylation sites (tertiary alicyclic amines) is 1. The predicted molar refractivity (Wildman–Crippen MR) is 133 cm³/mol. The molecule has 10 heteroatoms. The Hall–Kier alpha value is -1.11. The third-order valence-corrected chi connectivity index (χ3v) is 6.37. The predicted octanol–water partition coefficient (Wildman–Crippen LogP) is 1.94. The molecule has 1 aliphatic heterocycles. The van der Waals surface area contributed by atoms with E-state index in [1.54, 1.807) is 14.0 Å². The summed E-state index contributed by atoms with van der Waals surface area (Å²) in [5.41, 5.74) is 1.15. The summed E-state index contributed by atoms with van der Waals surface area (Å²) >= 11 is 0. The summed E-state index contributed by atoms with van der Waals surface area (Å²) in [4.78, 5) is 7.24. The molecule has 1 saturated heterocycles. The molecule has 172 valence electrons. The molecule has 3 N–H and O–H groups in total. The fourth-order valence-corrected chi connectivity index (χ4v) is 4.03. The molecule has 1 atom stereocenters. The van der Waals surface area contributed by atoms with E-state index >= 15 is 0 Å². The van der Waals surface area contributed by atoms with Gasteiger partial charge in [0.25, 0.3) is 0 Å². The van der Waals surface area contributed by atoms with Crippen LogP contribution in [-0.4, -0.2) is 71.4 Å². The SMILES string of the molecule is CCNC(=NCC(c1ccccc1OC)N1CCCC1)NCCNS(=O)(=O)CC.I. The minimum Gasteiger partial charge on any atom is -0.496 e. The van der Waals surface area contributed by atoms with E-state index in [0.717, 1.165) is 30.9 Å². The molecular weight excluding hydrogens is 517 g/mol. The average molecular weight is 554 g/mol. The highest BCUT2D eigenvalue weighted by molar-refractivity contribution is 14.0. The van der Waals surface area contributed by atoms with E-state index < -0.39 is 10.0 Å². The molecule has 0 saturated carbocycles. The molecule has 1 aromatic rings. The molecule has 2 rings (SSSR count). The maximum atomic E-state index is 11.5. The largest absolute Gasteiger partial charge is 0.496 e. The van der Waals surface area contributed by atoms with Crippen molar-refractivity contribution in [2.75, 3.05) is 52.1 Å². The lowest BCUT2D eigenvalue weighted by Gasteiger charge is -2.28. The Kier molecular flexibility index (Phi) is 12.6. The van der Waals surface area contributed by atoms with Crippen molar-refractivity contribution in [1.29, 1.82) is 0 Å². The van der Waals surface area contributed by atoms with Gasteiger partial charge in [-0.2, -0.15) is 0 Å². The molecule has 1 fully saturated rings. The fourth-order valence-electron chi connectivity index (χ4n) is 3.41. The summed E-state index contributed by atoms with van der Waals surface area (Å²) in [5.74, 6) is 1.64. The normalized spacial score (nSPS) is 16.0. The summed E-state index contributed by atoms with van der Waals surface area (Å²) in [6.45, 7) is 7.86. The summed E-state index contributed by atoms with van der Waals surface area (Å²) in [6, 6.07) is 8.26. The summed E-state index contributed by atoms with van der Waals surface area (Å²) < 4.78 is 31.2. The second kappa shape index (κ2) is 14.0. The van der Waals surface area contributed by atoms with Crippen LogP contribution in [0.15, 0.2) is 29.3 Å². The minimum absolute atomic E-state index is 0. The van der Waals surface area contributed by atoms with Gasteiger partial charge < -0.3 is 15.4 Å². The minimum atomic E-state index is -3.18. The zero-order valence-electron chi connectivity index (χ0n) is 18.2. The molecule has 0 spiro atoms. The monoisotopic (exact) mass is 553 g/mol. The van der Waals surface area contributed by atoms with Gasteiger partial charge in [-0.25, -0.2) is 13.1 Å². The standard InChI is InChI=1S/C20H35N5O3S.HI/c1-4-21-20(22-12-13-24-29(26,27)5-2)23-16-18(25-14-8-9-15-25)17-10-6-7-11-19(17)28-3;/h6-7,10-11,18,24H,4-5,8-9,12-16H2,1-3H3,(H2,21,22,23);1H. The maximum Gasteiger partial charge on any atom is 0.211 e. The van der Waals surface area contributed by atoms with Crippen molar-refractivity contribution >= 4 is 40.0 Å². The number of hydrogen-bond acceptors (Lipinski definition) is 5. The molecule has 30 heavy (non-hydrogen) atoms. The summed E-state index contributed by atoms with van der Waals surface area (Å²) in [7, 11) is -1.48. The summed E-state index contributed by atoms with van der Waals surface area (Å²) in [6.07, 6.45) is 2.40. The molecule has 0 amide bonds. The molecular formula is C20H36IN5O3S. The van der Waals surface area contributed by atoms with Crippen LogP contribution in [0.4, 0.5) is 0 Å². The first kappa shape index (κ1) is 26.9. The van der Waals surface area contributed by atoms with Gasteiger partial charge in [0.15, 0.2) is 5.96 Å². The molecule has 1 heterocycles. The number of ether oxygens (including phenoxy) is 1. The number of para-hydroxylation sites is 1. The van der Waals surface area contributed by atoms with E-state index in [-0.39, 0.29) is 35.8 Å². The van der Waals surface area contributed by atoms with Gasteiger partial charge in [-0.1, -0.05) is 18.2 Å². The van der Waals surface area contributed by atoms with Crippen molar-refractivity contribution in [3.05, 3.63) is 29.8 Å². The summed E-state index contributed by atoms with van der Waals surface area (Å²) in [5, 5.41) is 6.44. The second-order valence-electron chi connectivity index (χ2n) is 6.94. The van der Waals surface area contributed by atoms with Gasteiger partial charge in [0.1, 0.15) is 5.75 Å². The Morgan fingerprint density at radius 2 is 1.87 bits per heavy atom.